The third-order valence-corrected chi connectivity index (χ3v) is 7.26. The van der Waals surface area contributed by atoms with Gasteiger partial charge in [0.2, 0.25) is 5.91 Å². The van der Waals surface area contributed by atoms with Gasteiger partial charge in [-0.2, -0.15) is 13.2 Å². The minimum atomic E-state index is -4.32. The van der Waals surface area contributed by atoms with Crippen LogP contribution >= 0.6 is 0 Å². The normalized spacial score (nSPS) is 28.8. The Labute approximate surface area is 174 Å². The lowest BCUT2D eigenvalue weighted by atomic mass is 9.85. The first-order chi connectivity index (χ1) is 14.4. The number of benzene rings is 2. The molecule has 2 aromatic carbocycles. The fourth-order valence-corrected chi connectivity index (χ4v) is 5.89. The van der Waals surface area contributed by atoms with E-state index in [1.165, 1.54) is 17.7 Å². The molecule has 0 bridgehead atoms. The molecule has 3 aliphatic rings. The summed E-state index contributed by atoms with van der Waals surface area (Å²) in [5.74, 6) is 0.464. The fourth-order valence-electron chi connectivity index (χ4n) is 5.89. The lowest BCUT2D eigenvalue weighted by Gasteiger charge is -2.33. The van der Waals surface area contributed by atoms with Crippen molar-refractivity contribution in [1.29, 1.82) is 0 Å². The van der Waals surface area contributed by atoms with Crippen molar-refractivity contribution in [3.05, 3.63) is 71.3 Å². The lowest BCUT2D eigenvalue weighted by molar-refractivity contribution is -0.137. The van der Waals surface area contributed by atoms with Gasteiger partial charge in [-0.1, -0.05) is 42.5 Å². The maximum Gasteiger partial charge on any atom is 0.416 e. The van der Waals surface area contributed by atoms with Crippen LogP contribution in [0.2, 0.25) is 0 Å². The highest BCUT2D eigenvalue weighted by Crippen LogP contribution is 2.56. The fraction of sp³-hybridized carbons (Fsp3) is 0.458. The van der Waals surface area contributed by atoms with Gasteiger partial charge in [0.15, 0.2) is 0 Å². The zero-order chi connectivity index (χ0) is 20.9. The van der Waals surface area contributed by atoms with Crippen LogP contribution in [-0.4, -0.2) is 40.9 Å². The van der Waals surface area contributed by atoms with E-state index in [1.807, 2.05) is 23.1 Å². The summed E-state index contributed by atoms with van der Waals surface area (Å²) in [6, 6.07) is 15.7. The average Bonchev–Trinajstić information content (AvgIpc) is 3.37. The van der Waals surface area contributed by atoms with E-state index in [1.54, 1.807) is 12.1 Å². The number of carbonyl (C=O) groups is 1. The highest BCUT2D eigenvalue weighted by atomic mass is 19.4. The van der Waals surface area contributed by atoms with Gasteiger partial charge in [0.1, 0.15) is 5.54 Å². The standard InChI is InChI=1S/C24H25F3N2O/c25-24(26,27)19-9-7-18(8-10-19)21-15-20-16-28(14-11-17-5-2-1-3-6-17)22(30)23(20)12-4-13-29(21)23/h1-3,5-10,20-21H,4,11-16H2/t20-,21-,23-/m0/s1. The van der Waals surface area contributed by atoms with Gasteiger partial charge < -0.3 is 4.90 Å². The second-order valence-corrected chi connectivity index (χ2v) is 8.78. The van der Waals surface area contributed by atoms with Crippen molar-refractivity contribution in [3.8, 4) is 0 Å². The first kappa shape index (κ1) is 19.6. The van der Waals surface area contributed by atoms with Crippen LogP contribution in [-0.2, 0) is 17.4 Å². The van der Waals surface area contributed by atoms with Crippen molar-refractivity contribution in [1.82, 2.24) is 9.80 Å². The van der Waals surface area contributed by atoms with Crippen LogP contribution in [0.3, 0.4) is 0 Å². The van der Waals surface area contributed by atoms with Crippen LogP contribution < -0.4 is 0 Å². The molecule has 6 heteroatoms. The Balaban J connectivity index is 1.34. The smallest absolute Gasteiger partial charge is 0.340 e. The van der Waals surface area contributed by atoms with Gasteiger partial charge in [0, 0.05) is 25.0 Å². The van der Waals surface area contributed by atoms with Gasteiger partial charge in [0.05, 0.1) is 5.56 Å². The molecule has 1 amide bonds. The molecule has 3 atom stereocenters. The van der Waals surface area contributed by atoms with E-state index in [-0.39, 0.29) is 17.9 Å². The molecule has 3 nitrogen and oxygen atoms in total. The van der Waals surface area contributed by atoms with Crippen molar-refractivity contribution in [2.24, 2.45) is 5.92 Å². The van der Waals surface area contributed by atoms with Crippen LogP contribution in [0.4, 0.5) is 13.2 Å². The Morgan fingerprint density at radius 1 is 1.03 bits per heavy atom. The Kier molecular flexibility index (Phi) is 4.65. The number of nitrogens with zero attached hydrogens (tertiary/aromatic N) is 2. The molecule has 0 aromatic heterocycles. The second-order valence-electron chi connectivity index (χ2n) is 8.78. The van der Waals surface area contributed by atoms with E-state index in [0.29, 0.717) is 0 Å². The summed E-state index contributed by atoms with van der Waals surface area (Å²) in [5, 5.41) is 0. The number of hydrogen-bond acceptors (Lipinski definition) is 2. The predicted octanol–water partition coefficient (Wildman–Crippen LogP) is 4.69. The molecule has 1 spiro atoms. The summed E-state index contributed by atoms with van der Waals surface area (Å²) in [7, 11) is 0. The third kappa shape index (κ3) is 3.04. The van der Waals surface area contributed by atoms with Crippen molar-refractivity contribution in [2.45, 2.75) is 43.4 Å². The Bertz CT molecular complexity index is 928. The Hall–Kier alpha value is -2.34. The average molecular weight is 414 g/mol. The maximum atomic E-state index is 13.5. The van der Waals surface area contributed by atoms with Gasteiger partial charge in [-0.25, -0.2) is 0 Å². The monoisotopic (exact) mass is 414 g/mol. The molecule has 158 valence electrons. The van der Waals surface area contributed by atoms with Crippen molar-refractivity contribution in [3.63, 3.8) is 0 Å². The van der Waals surface area contributed by atoms with E-state index in [4.69, 9.17) is 0 Å². The van der Waals surface area contributed by atoms with Gasteiger partial charge in [0.25, 0.3) is 0 Å². The topological polar surface area (TPSA) is 23.6 Å². The number of halogens is 3. The highest BCUT2D eigenvalue weighted by molar-refractivity contribution is 5.90. The van der Waals surface area contributed by atoms with Crippen LogP contribution in [0.1, 0.15) is 42.0 Å². The minimum Gasteiger partial charge on any atom is -0.340 e. The van der Waals surface area contributed by atoms with Gasteiger partial charge in [-0.3, -0.25) is 9.69 Å². The molecular formula is C24H25F3N2O. The summed E-state index contributed by atoms with van der Waals surface area (Å²) in [5.41, 5.74) is 1.04. The number of likely N-dealkylation sites (tertiary alicyclic amines) is 1. The molecule has 2 aromatic rings. The van der Waals surface area contributed by atoms with Crippen molar-refractivity contribution >= 4 is 5.91 Å². The zero-order valence-corrected chi connectivity index (χ0v) is 16.7. The van der Waals surface area contributed by atoms with Crippen molar-refractivity contribution < 1.29 is 18.0 Å². The molecule has 3 fully saturated rings. The first-order valence-electron chi connectivity index (χ1n) is 10.7. The molecule has 0 saturated carbocycles. The molecule has 0 radical (unpaired) electrons. The second kappa shape index (κ2) is 7.12. The number of hydrogen-bond donors (Lipinski definition) is 0. The predicted molar refractivity (Wildman–Crippen MR) is 108 cm³/mol. The van der Waals surface area contributed by atoms with E-state index in [9.17, 15) is 18.0 Å². The Morgan fingerprint density at radius 2 is 1.77 bits per heavy atom. The molecule has 0 N–H and O–H groups in total. The van der Waals surface area contributed by atoms with Gasteiger partial charge in [-0.05, 0) is 55.5 Å². The number of amides is 1. The van der Waals surface area contributed by atoms with Crippen molar-refractivity contribution in [2.75, 3.05) is 19.6 Å². The van der Waals surface area contributed by atoms with Crippen LogP contribution in [0.25, 0.3) is 0 Å². The SMILES string of the molecule is O=C1N(CCc2ccccc2)C[C@@H]2C[C@@H](c3ccc(C(F)(F)F)cc3)N3CCC[C@@]123. The largest absolute Gasteiger partial charge is 0.416 e. The van der Waals surface area contributed by atoms with Crippen LogP contribution in [0.15, 0.2) is 54.6 Å². The highest BCUT2D eigenvalue weighted by Gasteiger charge is 2.64. The number of rotatable bonds is 4. The molecule has 5 rings (SSSR count). The quantitative estimate of drug-likeness (QED) is 0.725. The number of carbonyl (C=O) groups excluding carboxylic acids is 1. The van der Waals surface area contributed by atoms with Gasteiger partial charge >= 0.3 is 6.18 Å². The molecular weight excluding hydrogens is 389 g/mol. The summed E-state index contributed by atoms with van der Waals surface area (Å²) in [6.07, 6.45) is -0.827. The van der Waals surface area contributed by atoms with E-state index >= 15 is 0 Å². The molecule has 30 heavy (non-hydrogen) atoms. The molecule has 0 unspecified atom stereocenters. The van der Waals surface area contributed by atoms with Crippen LogP contribution in [0.5, 0.6) is 0 Å². The summed E-state index contributed by atoms with van der Waals surface area (Å²) in [6.45, 7) is 2.31. The summed E-state index contributed by atoms with van der Waals surface area (Å²) >= 11 is 0. The van der Waals surface area contributed by atoms with E-state index in [0.717, 1.165) is 50.9 Å². The molecule has 3 heterocycles. The maximum absolute atomic E-state index is 13.5. The van der Waals surface area contributed by atoms with E-state index < -0.39 is 17.3 Å². The third-order valence-electron chi connectivity index (χ3n) is 7.26. The lowest BCUT2D eigenvalue weighted by Crippen LogP contribution is -2.49. The summed E-state index contributed by atoms with van der Waals surface area (Å²) < 4.78 is 38.8. The van der Waals surface area contributed by atoms with Crippen LogP contribution in [0, 0.1) is 5.92 Å². The Morgan fingerprint density at radius 3 is 2.47 bits per heavy atom. The first-order valence-corrected chi connectivity index (χ1v) is 10.7. The number of alkyl halides is 3. The minimum absolute atomic E-state index is 0.0278. The molecule has 3 aliphatic heterocycles. The molecule has 0 aliphatic carbocycles. The van der Waals surface area contributed by atoms with E-state index in [2.05, 4.69) is 17.0 Å². The molecule has 3 saturated heterocycles. The van der Waals surface area contributed by atoms with Gasteiger partial charge in [-0.15, -0.1) is 0 Å². The summed E-state index contributed by atoms with van der Waals surface area (Å²) in [4.78, 5) is 17.8. The zero-order valence-electron chi connectivity index (χ0n) is 16.7.